The number of halogens is 2. The third-order valence-electron chi connectivity index (χ3n) is 6.69. The molecule has 3 aliphatic carbocycles. The number of amides is 2. The molecule has 1 saturated heterocycles. The Hall–Kier alpha value is -2.64. The number of carbonyl (C=O) groups excluding carboxylic acids is 2. The second-order valence-corrected chi connectivity index (χ2v) is 10.0. The van der Waals surface area contributed by atoms with E-state index in [1.165, 1.54) is 6.21 Å². The van der Waals surface area contributed by atoms with Crippen molar-refractivity contribution in [3.05, 3.63) is 69.2 Å². The minimum Gasteiger partial charge on any atom is -0.490 e. The number of allylic oxidation sites excluding steroid dienone is 2. The fourth-order valence-electron chi connectivity index (χ4n) is 5.10. The minimum absolute atomic E-state index is 0.141. The third-order valence-corrected chi connectivity index (χ3v) is 7.53. The van der Waals surface area contributed by atoms with E-state index < -0.39 is 0 Å². The molecule has 2 amide bonds. The van der Waals surface area contributed by atoms with Gasteiger partial charge in [-0.05, 0) is 82.9 Å². The number of benzene rings is 2. The van der Waals surface area contributed by atoms with Gasteiger partial charge in [-0.3, -0.25) is 9.59 Å². The normalized spacial score (nSPS) is 25.3. The van der Waals surface area contributed by atoms with Crippen LogP contribution in [0.3, 0.4) is 0 Å². The molecule has 4 aliphatic rings. The van der Waals surface area contributed by atoms with Gasteiger partial charge in [0.1, 0.15) is 6.61 Å². The van der Waals surface area contributed by atoms with Crippen LogP contribution in [0, 0.1) is 23.7 Å². The van der Waals surface area contributed by atoms with Crippen molar-refractivity contribution in [1.82, 2.24) is 5.01 Å². The Morgan fingerprint density at radius 2 is 1.71 bits per heavy atom. The third kappa shape index (κ3) is 4.27. The molecule has 176 valence electrons. The Kier molecular flexibility index (Phi) is 6.49. The van der Waals surface area contributed by atoms with Gasteiger partial charge in [0.2, 0.25) is 0 Å². The number of imide groups is 1. The lowest BCUT2D eigenvalue weighted by molar-refractivity contribution is -0.140. The van der Waals surface area contributed by atoms with Gasteiger partial charge in [-0.2, -0.15) is 10.1 Å². The van der Waals surface area contributed by atoms with Crippen molar-refractivity contribution >= 4 is 45.6 Å². The summed E-state index contributed by atoms with van der Waals surface area (Å²) in [5.74, 6) is 0.447. The van der Waals surface area contributed by atoms with E-state index in [0.717, 1.165) is 23.4 Å². The first-order chi connectivity index (χ1) is 16.5. The molecule has 1 aliphatic heterocycles. The summed E-state index contributed by atoms with van der Waals surface area (Å²) in [5, 5.41) is 6.03. The van der Waals surface area contributed by atoms with Gasteiger partial charge in [-0.25, -0.2) is 0 Å². The predicted molar refractivity (Wildman–Crippen MR) is 133 cm³/mol. The van der Waals surface area contributed by atoms with Crippen LogP contribution in [0.1, 0.15) is 30.9 Å². The summed E-state index contributed by atoms with van der Waals surface area (Å²) in [6.07, 6.45) is 7.64. The lowest BCUT2D eigenvalue weighted by Gasteiger charge is -2.37. The zero-order valence-electron chi connectivity index (χ0n) is 18.6. The molecular weight excluding hydrogens is 520 g/mol. The molecule has 2 bridgehead atoms. The number of carbonyl (C=O) groups is 2. The van der Waals surface area contributed by atoms with Crippen LogP contribution < -0.4 is 9.47 Å². The van der Waals surface area contributed by atoms with E-state index in [0.29, 0.717) is 39.8 Å². The Morgan fingerprint density at radius 3 is 2.29 bits per heavy atom. The molecule has 6 nitrogen and oxygen atoms in total. The van der Waals surface area contributed by atoms with Crippen LogP contribution in [-0.2, 0) is 16.2 Å². The van der Waals surface area contributed by atoms with Crippen molar-refractivity contribution in [2.24, 2.45) is 28.8 Å². The molecule has 0 spiro atoms. The van der Waals surface area contributed by atoms with Gasteiger partial charge in [0.15, 0.2) is 11.5 Å². The topological polar surface area (TPSA) is 68.2 Å². The van der Waals surface area contributed by atoms with Gasteiger partial charge < -0.3 is 9.47 Å². The zero-order valence-corrected chi connectivity index (χ0v) is 21.0. The van der Waals surface area contributed by atoms with Crippen molar-refractivity contribution in [3.8, 4) is 11.5 Å². The molecular formula is C26H24BrClN2O4. The maximum Gasteiger partial charge on any atom is 0.254 e. The first-order valence-corrected chi connectivity index (χ1v) is 12.6. The van der Waals surface area contributed by atoms with Crippen LogP contribution in [0.15, 0.2) is 58.1 Å². The lowest BCUT2D eigenvalue weighted by Crippen LogP contribution is -2.38. The van der Waals surface area contributed by atoms with Crippen molar-refractivity contribution in [2.45, 2.75) is 26.4 Å². The van der Waals surface area contributed by atoms with Crippen molar-refractivity contribution in [3.63, 3.8) is 0 Å². The monoisotopic (exact) mass is 542 g/mol. The summed E-state index contributed by atoms with van der Waals surface area (Å²) in [5.41, 5.74) is 1.66. The van der Waals surface area contributed by atoms with Crippen LogP contribution in [0.2, 0.25) is 5.02 Å². The highest BCUT2D eigenvalue weighted by molar-refractivity contribution is 9.10. The summed E-state index contributed by atoms with van der Waals surface area (Å²) >= 11 is 9.52. The first-order valence-electron chi connectivity index (χ1n) is 11.4. The molecule has 0 N–H and O–H groups in total. The van der Waals surface area contributed by atoms with Gasteiger partial charge in [-0.1, -0.05) is 35.9 Å². The molecule has 2 fully saturated rings. The van der Waals surface area contributed by atoms with E-state index in [2.05, 4.69) is 33.2 Å². The SMILES string of the molecule is CCOc1cc(/C=N\N2C(=O)[C@@H]3[C@@H](C2=O)[C@H]2C=C[C@@H]3CC2)cc(Br)c1OCc1ccc(Cl)cc1. The molecule has 2 aromatic carbocycles. The van der Waals surface area contributed by atoms with Crippen LogP contribution in [0.25, 0.3) is 0 Å². The average molecular weight is 544 g/mol. The summed E-state index contributed by atoms with van der Waals surface area (Å²) in [7, 11) is 0. The Balaban J connectivity index is 1.35. The second-order valence-electron chi connectivity index (χ2n) is 8.75. The highest BCUT2D eigenvalue weighted by Crippen LogP contribution is 2.49. The molecule has 1 heterocycles. The quantitative estimate of drug-likeness (QED) is 0.259. The van der Waals surface area contributed by atoms with E-state index >= 15 is 0 Å². The molecule has 0 aromatic heterocycles. The lowest BCUT2D eigenvalue weighted by atomic mass is 9.63. The molecule has 34 heavy (non-hydrogen) atoms. The van der Waals surface area contributed by atoms with E-state index in [4.69, 9.17) is 21.1 Å². The predicted octanol–water partition coefficient (Wildman–Crippen LogP) is 5.61. The molecule has 8 heteroatoms. The molecule has 0 unspecified atom stereocenters. The summed E-state index contributed by atoms with van der Waals surface area (Å²) in [6.45, 7) is 2.69. The van der Waals surface area contributed by atoms with Gasteiger partial charge in [0, 0.05) is 5.02 Å². The largest absolute Gasteiger partial charge is 0.490 e. The number of fused-ring (bicyclic) bond motifs is 1. The van der Waals surface area contributed by atoms with Crippen LogP contribution in [-0.4, -0.2) is 29.6 Å². The van der Waals surface area contributed by atoms with Crippen molar-refractivity contribution in [2.75, 3.05) is 6.61 Å². The minimum atomic E-state index is -0.275. The average Bonchev–Trinajstić information content (AvgIpc) is 3.11. The maximum absolute atomic E-state index is 13.0. The van der Waals surface area contributed by atoms with Gasteiger partial charge in [0.25, 0.3) is 11.8 Å². The van der Waals surface area contributed by atoms with Crippen molar-refractivity contribution < 1.29 is 19.1 Å². The van der Waals surface area contributed by atoms with Gasteiger partial charge in [-0.15, -0.1) is 0 Å². The number of ether oxygens (including phenoxy) is 2. The summed E-state index contributed by atoms with van der Waals surface area (Å²) in [6, 6.07) is 11.1. The van der Waals surface area contributed by atoms with Crippen LogP contribution in [0.4, 0.5) is 0 Å². The number of nitrogens with zero attached hydrogens (tertiary/aromatic N) is 2. The standard InChI is InChI=1S/C26H24BrClN2O4/c1-2-33-21-12-16(11-20(27)24(21)34-14-15-3-9-19(28)10-4-15)13-29-30-25(31)22-17-5-6-18(8-7-17)23(22)26(30)32/h3-6,9-13,17-18,22-23H,2,7-8,14H2,1H3/b29-13-/t17-,18+,22-,23-/m0/s1. The number of hydrogen-bond acceptors (Lipinski definition) is 5. The van der Waals surface area contributed by atoms with Crippen LogP contribution in [0.5, 0.6) is 11.5 Å². The van der Waals surface area contributed by atoms with E-state index in [-0.39, 0.29) is 35.5 Å². The number of hydrogen-bond donors (Lipinski definition) is 0. The maximum atomic E-state index is 13.0. The zero-order chi connectivity index (χ0) is 23.8. The Bertz CT molecular complexity index is 1150. The highest BCUT2D eigenvalue weighted by Gasteiger charge is 2.56. The Labute approximate surface area is 211 Å². The Morgan fingerprint density at radius 1 is 1.06 bits per heavy atom. The first kappa shape index (κ1) is 23.1. The fraction of sp³-hybridized carbons (Fsp3) is 0.346. The van der Waals surface area contributed by atoms with E-state index in [1.54, 1.807) is 6.07 Å². The molecule has 2 aromatic rings. The molecule has 1 saturated carbocycles. The van der Waals surface area contributed by atoms with Crippen LogP contribution >= 0.6 is 27.5 Å². The van der Waals surface area contributed by atoms with Crippen molar-refractivity contribution in [1.29, 1.82) is 0 Å². The van der Waals surface area contributed by atoms with E-state index in [1.807, 2.05) is 37.3 Å². The second kappa shape index (κ2) is 9.55. The van der Waals surface area contributed by atoms with E-state index in [9.17, 15) is 9.59 Å². The number of hydrazone groups is 1. The molecule has 4 atom stereocenters. The molecule has 6 rings (SSSR count). The smallest absolute Gasteiger partial charge is 0.254 e. The van der Waals surface area contributed by atoms with Gasteiger partial charge >= 0.3 is 0 Å². The fourth-order valence-corrected chi connectivity index (χ4v) is 5.80. The highest BCUT2D eigenvalue weighted by atomic mass is 79.9. The number of rotatable bonds is 7. The molecule has 0 radical (unpaired) electrons. The summed E-state index contributed by atoms with van der Waals surface area (Å²) < 4.78 is 12.5. The van der Waals surface area contributed by atoms with Gasteiger partial charge in [0.05, 0.1) is 29.1 Å². The summed E-state index contributed by atoms with van der Waals surface area (Å²) in [4.78, 5) is 26.0.